The van der Waals surface area contributed by atoms with Crippen LogP contribution >= 0.6 is 0 Å². The fraction of sp³-hybridized carbons (Fsp3) is 0.714. The van der Waals surface area contributed by atoms with Crippen molar-refractivity contribution in [2.45, 2.75) is 45.6 Å². The third-order valence-corrected chi connectivity index (χ3v) is 4.28. The van der Waals surface area contributed by atoms with Crippen LogP contribution in [0.15, 0.2) is 0 Å². The van der Waals surface area contributed by atoms with Crippen molar-refractivity contribution in [2.75, 3.05) is 6.54 Å². The standard InChI is InChI=1S/C14H24N4O/c1-9-13(10(2)18(3)17-9)14(19)16-12(8-15)11-6-4-5-7-11/h11-12H,4-8,15H2,1-3H3,(H,16,19). The first-order chi connectivity index (χ1) is 9.04. The van der Waals surface area contributed by atoms with E-state index in [0.717, 1.165) is 11.4 Å². The van der Waals surface area contributed by atoms with Crippen LogP contribution in [0.3, 0.4) is 0 Å². The number of carbonyl (C=O) groups is 1. The quantitative estimate of drug-likeness (QED) is 0.860. The van der Waals surface area contributed by atoms with Crippen molar-refractivity contribution in [1.29, 1.82) is 0 Å². The maximum Gasteiger partial charge on any atom is 0.255 e. The molecule has 1 heterocycles. The maximum absolute atomic E-state index is 12.4. The predicted octanol–water partition coefficient (Wildman–Crippen LogP) is 1.28. The van der Waals surface area contributed by atoms with E-state index in [1.165, 1.54) is 25.7 Å². The molecular weight excluding hydrogens is 240 g/mol. The van der Waals surface area contributed by atoms with E-state index in [4.69, 9.17) is 5.73 Å². The number of nitrogens with two attached hydrogens (primary N) is 1. The van der Waals surface area contributed by atoms with Gasteiger partial charge in [-0.2, -0.15) is 5.10 Å². The molecule has 19 heavy (non-hydrogen) atoms. The summed E-state index contributed by atoms with van der Waals surface area (Å²) in [4.78, 5) is 12.4. The molecule has 1 unspecified atom stereocenters. The van der Waals surface area contributed by atoms with Gasteiger partial charge >= 0.3 is 0 Å². The number of carbonyl (C=O) groups excluding carboxylic acids is 1. The summed E-state index contributed by atoms with van der Waals surface area (Å²) in [7, 11) is 1.86. The normalized spacial score (nSPS) is 17.7. The second-order valence-electron chi connectivity index (χ2n) is 5.53. The third-order valence-electron chi connectivity index (χ3n) is 4.28. The zero-order chi connectivity index (χ0) is 14.0. The topological polar surface area (TPSA) is 72.9 Å². The highest BCUT2D eigenvalue weighted by atomic mass is 16.1. The molecule has 0 saturated heterocycles. The van der Waals surface area contributed by atoms with Gasteiger partial charge in [-0.25, -0.2) is 0 Å². The van der Waals surface area contributed by atoms with Gasteiger partial charge in [-0.3, -0.25) is 9.48 Å². The Morgan fingerprint density at radius 1 is 1.47 bits per heavy atom. The van der Waals surface area contributed by atoms with Crippen molar-refractivity contribution in [1.82, 2.24) is 15.1 Å². The van der Waals surface area contributed by atoms with Gasteiger partial charge in [0.2, 0.25) is 0 Å². The molecule has 106 valence electrons. The van der Waals surface area contributed by atoms with Crippen LogP contribution in [0.25, 0.3) is 0 Å². The Kier molecular flexibility index (Phi) is 4.24. The monoisotopic (exact) mass is 264 g/mol. The molecule has 1 amide bonds. The first-order valence-electron chi connectivity index (χ1n) is 7.05. The minimum atomic E-state index is -0.0366. The molecule has 1 aromatic rings. The summed E-state index contributed by atoms with van der Waals surface area (Å²) < 4.78 is 1.75. The third kappa shape index (κ3) is 2.81. The van der Waals surface area contributed by atoms with Crippen molar-refractivity contribution in [3.63, 3.8) is 0 Å². The molecule has 5 nitrogen and oxygen atoms in total. The van der Waals surface area contributed by atoms with Crippen molar-refractivity contribution in [3.05, 3.63) is 17.0 Å². The number of aryl methyl sites for hydroxylation is 2. The molecule has 1 aromatic heterocycles. The Labute approximate surface area is 114 Å². The molecule has 1 aliphatic rings. The molecule has 1 atom stereocenters. The minimum absolute atomic E-state index is 0.0366. The van der Waals surface area contributed by atoms with Crippen molar-refractivity contribution in [2.24, 2.45) is 18.7 Å². The van der Waals surface area contributed by atoms with Gasteiger partial charge in [-0.1, -0.05) is 12.8 Å². The van der Waals surface area contributed by atoms with Gasteiger partial charge in [0.15, 0.2) is 0 Å². The van der Waals surface area contributed by atoms with E-state index in [9.17, 15) is 4.79 Å². The van der Waals surface area contributed by atoms with Gasteiger partial charge in [0.05, 0.1) is 11.3 Å². The number of nitrogens with one attached hydrogen (secondary N) is 1. The average molecular weight is 264 g/mol. The van der Waals surface area contributed by atoms with Crippen molar-refractivity contribution >= 4 is 5.91 Å². The lowest BCUT2D eigenvalue weighted by molar-refractivity contribution is 0.0923. The number of hydrogen-bond acceptors (Lipinski definition) is 3. The molecule has 0 radical (unpaired) electrons. The molecule has 0 bridgehead atoms. The van der Waals surface area contributed by atoms with Crippen LogP contribution in [-0.2, 0) is 7.05 Å². The molecular formula is C14H24N4O. The summed E-state index contributed by atoms with van der Waals surface area (Å²) in [5.41, 5.74) is 8.20. The fourth-order valence-corrected chi connectivity index (χ4v) is 3.07. The minimum Gasteiger partial charge on any atom is -0.348 e. The summed E-state index contributed by atoms with van der Waals surface area (Å²) in [6.07, 6.45) is 4.85. The Morgan fingerprint density at radius 3 is 2.58 bits per heavy atom. The molecule has 1 fully saturated rings. The highest BCUT2D eigenvalue weighted by Gasteiger charge is 2.27. The van der Waals surface area contributed by atoms with Gasteiger partial charge in [0, 0.05) is 25.3 Å². The summed E-state index contributed by atoms with van der Waals surface area (Å²) in [6.45, 7) is 4.30. The molecule has 0 spiro atoms. The second kappa shape index (κ2) is 5.74. The summed E-state index contributed by atoms with van der Waals surface area (Å²) in [5, 5.41) is 7.39. The van der Waals surface area contributed by atoms with E-state index in [1.807, 2.05) is 20.9 Å². The van der Waals surface area contributed by atoms with Gasteiger partial charge < -0.3 is 11.1 Å². The van der Waals surface area contributed by atoms with Crippen LogP contribution in [0, 0.1) is 19.8 Å². The van der Waals surface area contributed by atoms with Gasteiger partial charge in [0.25, 0.3) is 5.91 Å². The zero-order valence-corrected chi connectivity index (χ0v) is 12.1. The molecule has 1 aliphatic carbocycles. The van der Waals surface area contributed by atoms with Crippen LogP contribution in [0.5, 0.6) is 0 Å². The van der Waals surface area contributed by atoms with Crippen LogP contribution in [-0.4, -0.2) is 28.3 Å². The first-order valence-corrected chi connectivity index (χ1v) is 7.05. The van der Waals surface area contributed by atoms with E-state index in [1.54, 1.807) is 4.68 Å². The summed E-state index contributed by atoms with van der Waals surface area (Å²) in [5.74, 6) is 0.497. The number of amides is 1. The largest absolute Gasteiger partial charge is 0.348 e. The Balaban J connectivity index is 2.10. The number of hydrogen-bond donors (Lipinski definition) is 2. The smallest absolute Gasteiger partial charge is 0.255 e. The van der Waals surface area contributed by atoms with E-state index in [2.05, 4.69) is 10.4 Å². The van der Waals surface area contributed by atoms with Gasteiger partial charge in [0.1, 0.15) is 0 Å². The number of nitrogens with zero attached hydrogens (tertiary/aromatic N) is 2. The molecule has 3 N–H and O–H groups in total. The Morgan fingerprint density at radius 2 is 2.11 bits per heavy atom. The van der Waals surface area contributed by atoms with Crippen LogP contribution in [0.2, 0.25) is 0 Å². The van der Waals surface area contributed by atoms with Crippen molar-refractivity contribution in [3.8, 4) is 0 Å². The molecule has 2 rings (SSSR count). The molecule has 0 aromatic carbocycles. The SMILES string of the molecule is Cc1nn(C)c(C)c1C(=O)NC(CN)C1CCCC1. The van der Waals surface area contributed by atoms with Crippen molar-refractivity contribution < 1.29 is 4.79 Å². The lowest BCUT2D eigenvalue weighted by Crippen LogP contribution is -2.44. The maximum atomic E-state index is 12.4. The molecule has 1 saturated carbocycles. The zero-order valence-electron chi connectivity index (χ0n) is 12.1. The van der Waals surface area contributed by atoms with Crippen LogP contribution in [0.1, 0.15) is 47.4 Å². The van der Waals surface area contributed by atoms with E-state index in [0.29, 0.717) is 18.0 Å². The molecule has 0 aliphatic heterocycles. The Hall–Kier alpha value is -1.36. The molecule has 5 heteroatoms. The van der Waals surface area contributed by atoms with E-state index in [-0.39, 0.29) is 11.9 Å². The fourth-order valence-electron chi connectivity index (χ4n) is 3.07. The van der Waals surface area contributed by atoms with Gasteiger partial charge in [-0.15, -0.1) is 0 Å². The first kappa shape index (κ1) is 14.1. The summed E-state index contributed by atoms with van der Waals surface area (Å²) >= 11 is 0. The van der Waals surface area contributed by atoms with E-state index >= 15 is 0 Å². The van der Waals surface area contributed by atoms with Gasteiger partial charge in [-0.05, 0) is 32.6 Å². The lowest BCUT2D eigenvalue weighted by Gasteiger charge is -2.23. The highest BCUT2D eigenvalue weighted by molar-refractivity contribution is 5.96. The van der Waals surface area contributed by atoms with Crippen LogP contribution in [0.4, 0.5) is 0 Å². The average Bonchev–Trinajstić information content (AvgIpc) is 2.96. The summed E-state index contributed by atoms with van der Waals surface area (Å²) in [6, 6.07) is 0.0917. The van der Waals surface area contributed by atoms with Crippen LogP contribution < -0.4 is 11.1 Å². The lowest BCUT2D eigenvalue weighted by atomic mass is 9.97. The van der Waals surface area contributed by atoms with E-state index < -0.39 is 0 Å². The number of rotatable bonds is 4. The highest BCUT2D eigenvalue weighted by Crippen LogP contribution is 2.27. The predicted molar refractivity (Wildman–Crippen MR) is 74.9 cm³/mol. The number of aromatic nitrogens is 2. The second-order valence-corrected chi connectivity index (χ2v) is 5.53. The Bertz CT molecular complexity index is 460.